The number of aliphatic hydroxyl groups is 2. The number of carbonyl (C=O) groups is 2. The Morgan fingerprint density at radius 2 is 0.758 bits per heavy atom. The minimum Gasteiger partial charge on any atom is -0.465 e. The number of carbonyl (C=O) groups excluding carboxylic acids is 2. The number of rotatable bonds is 53. The first-order chi connectivity index (χ1) is 32.5. The molecule has 0 bridgehead atoms. The molecule has 0 aromatic rings. The van der Waals surface area contributed by atoms with Gasteiger partial charge < -0.3 is 20.3 Å². The van der Waals surface area contributed by atoms with Crippen molar-refractivity contribution in [1.29, 1.82) is 0 Å². The molecule has 0 fully saturated rings. The van der Waals surface area contributed by atoms with Gasteiger partial charge in [-0.05, 0) is 77.0 Å². The molecule has 0 spiro atoms. The lowest BCUT2D eigenvalue weighted by molar-refractivity contribution is -0.143. The lowest BCUT2D eigenvalue weighted by Crippen LogP contribution is -2.45. The van der Waals surface area contributed by atoms with Gasteiger partial charge in [0.05, 0.1) is 25.4 Å². The fraction of sp³-hybridized carbons (Fsp3) is 0.833. The first kappa shape index (κ1) is 63.8. The van der Waals surface area contributed by atoms with E-state index >= 15 is 0 Å². The molecule has 0 aromatic carbocycles. The zero-order chi connectivity index (χ0) is 47.9. The van der Waals surface area contributed by atoms with Crippen LogP contribution in [0.2, 0.25) is 0 Å². The summed E-state index contributed by atoms with van der Waals surface area (Å²) in [6.07, 6.45) is 70.1. The molecule has 0 saturated carbocycles. The Morgan fingerprint density at radius 1 is 0.424 bits per heavy atom. The molecule has 66 heavy (non-hydrogen) atoms. The molecule has 0 aliphatic carbocycles. The van der Waals surface area contributed by atoms with Crippen molar-refractivity contribution in [2.75, 3.05) is 13.2 Å². The first-order valence-electron chi connectivity index (χ1n) is 28.9. The smallest absolute Gasteiger partial charge is 0.305 e. The minimum atomic E-state index is -0.848. The summed E-state index contributed by atoms with van der Waals surface area (Å²) in [5.74, 6) is -0.118. The van der Waals surface area contributed by atoms with Gasteiger partial charge in [0.15, 0.2) is 0 Å². The van der Waals surface area contributed by atoms with Crippen LogP contribution in [0.3, 0.4) is 0 Å². The maximum atomic E-state index is 12.4. The highest BCUT2D eigenvalue weighted by atomic mass is 16.5. The van der Waals surface area contributed by atoms with Crippen molar-refractivity contribution in [1.82, 2.24) is 5.32 Å². The van der Waals surface area contributed by atoms with Gasteiger partial charge in [-0.1, -0.05) is 255 Å². The fourth-order valence-corrected chi connectivity index (χ4v) is 8.64. The van der Waals surface area contributed by atoms with E-state index in [-0.39, 0.29) is 18.5 Å². The van der Waals surface area contributed by atoms with Gasteiger partial charge >= 0.3 is 5.97 Å². The summed E-state index contributed by atoms with van der Waals surface area (Å²) in [7, 11) is 0. The lowest BCUT2D eigenvalue weighted by Gasteiger charge is -2.20. The van der Waals surface area contributed by atoms with Gasteiger partial charge in [0.2, 0.25) is 5.91 Å². The van der Waals surface area contributed by atoms with E-state index in [9.17, 15) is 19.8 Å². The van der Waals surface area contributed by atoms with E-state index in [4.69, 9.17) is 4.74 Å². The predicted molar refractivity (Wildman–Crippen MR) is 287 cm³/mol. The Balaban J connectivity index is 3.48. The SMILES string of the molecule is CCCCCCCC/C=C\CCCCCCCC(=O)OCC/C=C\C/C=C\CCCCCCCCCCCCCCCCC(=O)NC(CO)C(O)/C=C/CCCCCCCCCCCCC. The van der Waals surface area contributed by atoms with E-state index in [1.165, 1.54) is 218 Å². The Hall–Kier alpha value is -2.18. The van der Waals surface area contributed by atoms with Gasteiger partial charge in [-0.2, -0.15) is 0 Å². The zero-order valence-corrected chi connectivity index (χ0v) is 43.9. The predicted octanol–water partition coefficient (Wildman–Crippen LogP) is 17.8. The topological polar surface area (TPSA) is 95.9 Å². The number of allylic oxidation sites excluding steroid dienone is 6. The highest BCUT2D eigenvalue weighted by Gasteiger charge is 2.18. The Kier molecular flexibility index (Phi) is 53.6. The number of unbranched alkanes of at least 4 members (excludes halogenated alkanes) is 36. The maximum Gasteiger partial charge on any atom is 0.305 e. The molecule has 386 valence electrons. The third kappa shape index (κ3) is 51.2. The fourth-order valence-electron chi connectivity index (χ4n) is 8.64. The molecular formula is C60H111NO5. The summed E-state index contributed by atoms with van der Waals surface area (Å²) in [4.78, 5) is 24.4. The van der Waals surface area contributed by atoms with E-state index in [0.29, 0.717) is 19.4 Å². The second-order valence-electron chi connectivity index (χ2n) is 19.6. The van der Waals surface area contributed by atoms with Crippen LogP contribution in [0.15, 0.2) is 48.6 Å². The van der Waals surface area contributed by atoms with Crippen molar-refractivity contribution in [2.45, 2.75) is 309 Å². The Bertz CT molecular complexity index is 1110. The Labute approximate surface area is 410 Å². The van der Waals surface area contributed by atoms with E-state index in [0.717, 1.165) is 51.4 Å². The average Bonchev–Trinajstić information content (AvgIpc) is 3.32. The number of hydrogen-bond donors (Lipinski definition) is 3. The van der Waals surface area contributed by atoms with Gasteiger partial charge in [0.25, 0.3) is 0 Å². The number of aliphatic hydroxyl groups excluding tert-OH is 2. The van der Waals surface area contributed by atoms with Crippen molar-refractivity contribution in [2.24, 2.45) is 0 Å². The second kappa shape index (κ2) is 55.4. The third-order valence-electron chi connectivity index (χ3n) is 13.1. The van der Waals surface area contributed by atoms with Crippen molar-refractivity contribution >= 4 is 11.9 Å². The summed E-state index contributed by atoms with van der Waals surface area (Å²) in [6.45, 7) is 4.78. The minimum absolute atomic E-state index is 0.0443. The molecule has 3 N–H and O–H groups in total. The molecule has 1 amide bonds. The highest BCUT2D eigenvalue weighted by molar-refractivity contribution is 5.76. The van der Waals surface area contributed by atoms with E-state index in [1.54, 1.807) is 6.08 Å². The monoisotopic (exact) mass is 926 g/mol. The van der Waals surface area contributed by atoms with Crippen LogP contribution in [0.4, 0.5) is 0 Å². The number of esters is 1. The van der Waals surface area contributed by atoms with E-state index in [2.05, 4.69) is 55.6 Å². The number of amides is 1. The summed E-state index contributed by atoms with van der Waals surface area (Å²) in [5.41, 5.74) is 0. The van der Waals surface area contributed by atoms with Crippen LogP contribution in [0.5, 0.6) is 0 Å². The molecule has 0 aliphatic rings. The maximum absolute atomic E-state index is 12.4. The molecule has 0 saturated heterocycles. The molecule has 0 radical (unpaired) electrons. The molecule has 2 unspecified atom stereocenters. The number of hydrogen-bond acceptors (Lipinski definition) is 5. The van der Waals surface area contributed by atoms with Gasteiger partial charge in [-0.3, -0.25) is 9.59 Å². The standard InChI is InChI=1S/C60H111NO5/c1-3-5-7-9-11-13-15-17-25-30-34-38-42-46-50-54-60(65)66-55-51-47-43-39-35-31-27-24-22-20-18-19-21-23-26-29-33-37-41-45-49-53-59(64)61-57(56-62)58(63)52-48-44-40-36-32-28-16-14-12-10-8-6-4-2/h17,25,31,35,43,47-48,52,57-58,62-63H,3-16,18-24,26-30,32-34,36-42,44-46,49-51,53-56H2,1-2H3,(H,61,64)/b25-17-,35-31-,47-43-,52-48+. The molecule has 0 rings (SSSR count). The van der Waals surface area contributed by atoms with Crippen LogP contribution in [-0.2, 0) is 14.3 Å². The van der Waals surface area contributed by atoms with Crippen molar-refractivity contribution in [3.05, 3.63) is 48.6 Å². The Morgan fingerprint density at radius 3 is 1.17 bits per heavy atom. The molecule has 6 nitrogen and oxygen atoms in total. The molecule has 0 aliphatic heterocycles. The largest absolute Gasteiger partial charge is 0.465 e. The number of ether oxygens (including phenoxy) is 1. The second-order valence-corrected chi connectivity index (χ2v) is 19.6. The first-order valence-corrected chi connectivity index (χ1v) is 28.9. The van der Waals surface area contributed by atoms with Crippen molar-refractivity contribution in [3.8, 4) is 0 Å². The van der Waals surface area contributed by atoms with Gasteiger partial charge in [-0.15, -0.1) is 0 Å². The van der Waals surface area contributed by atoms with Crippen LogP contribution >= 0.6 is 0 Å². The summed E-state index contributed by atoms with van der Waals surface area (Å²) < 4.78 is 5.41. The van der Waals surface area contributed by atoms with Gasteiger partial charge in [-0.25, -0.2) is 0 Å². The molecule has 0 heterocycles. The normalized spacial score (nSPS) is 13.0. The van der Waals surface area contributed by atoms with Crippen molar-refractivity contribution < 1.29 is 24.5 Å². The summed E-state index contributed by atoms with van der Waals surface area (Å²) in [6, 6.07) is -0.632. The molecule has 0 aromatic heterocycles. The quantitative estimate of drug-likeness (QED) is 0.0321. The lowest BCUT2D eigenvalue weighted by atomic mass is 10.0. The highest BCUT2D eigenvalue weighted by Crippen LogP contribution is 2.16. The van der Waals surface area contributed by atoms with Gasteiger partial charge in [0, 0.05) is 12.8 Å². The zero-order valence-electron chi connectivity index (χ0n) is 43.9. The van der Waals surface area contributed by atoms with E-state index in [1.807, 2.05) is 6.08 Å². The average molecular weight is 927 g/mol. The third-order valence-corrected chi connectivity index (χ3v) is 13.1. The van der Waals surface area contributed by atoms with Gasteiger partial charge in [0.1, 0.15) is 0 Å². The molecular weight excluding hydrogens is 815 g/mol. The van der Waals surface area contributed by atoms with Crippen LogP contribution in [0.1, 0.15) is 296 Å². The van der Waals surface area contributed by atoms with Crippen LogP contribution < -0.4 is 5.32 Å². The summed E-state index contributed by atoms with van der Waals surface area (Å²) >= 11 is 0. The van der Waals surface area contributed by atoms with E-state index < -0.39 is 12.1 Å². The van der Waals surface area contributed by atoms with Crippen LogP contribution in [0, 0.1) is 0 Å². The van der Waals surface area contributed by atoms with Crippen LogP contribution in [-0.4, -0.2) is 47.4 Å². The molecule has 6 heteroatoms. The van der Waals surface area contributed by atoms with Crippen molar-refractivity contribution in [3.63, 3.8) is 0 Å². The molecule has 2 atom stereocenters. The number of nitrogens with one attached hydrogen (secondary N) is 1. The summed E-state index contributed by atoms with van der Waals surface area (Å²) in [5, 5.41) is 23.1. The van der Waals surface area contributed by atoms with Crippen LogP contribution in [0.25, 0.3) is 0 Å².